The van der Waals surface area contributed by atoms with Gasteiger partial charge in [0.05, 0.1) is 18.7 Å². The van der Waals surface area contributed by atoms with E-state index in [1.54, 1.807) is 18.4 Å². The Labute approximate surface area is 141 Å². The van der Waals surface area contributed by atoms with E-state index >= 15 is 0 Å². The average molecular weight is 339 g/mol. The van der Waals surface area contributed by atoms with Crippen LogP contribution in [0.2, 0.25) is 0 Å². The number of amides is 1. The molecular weight excluding hydrogens is 314 g/mol. The number of carbonyl (C=O) groups excluding carboxylic acids is 2. The third-order valence-electron chi connectivity index (χ3n) is 4.04. The number of ether oxygens (including phenoxy) is 1. The molecule has 0 radical (unpaired) electrons. The first-order valence-electron chi connectivity index (χ1n) is 8.02. The van der Waals surface area contributed by atoms with E-state index in [1.807, 2.05) is 0 Å². The van der Waals surface area contributed by atoms with E-state index in [0.717, 1.165) is 26.1 Å². The summed E-state index contributed by atoms with van der Waals surface area (Å²) in [6, 6.07) is 2.08. The molecule has 1 fully saturated rings. The zero-order valence-electron chi connectivity index (χ0n) is 14.0. The molecule has 1 saturated heterocycles. The summed E-state index contributed by atoms with van der Waals surface area (Å²) in [7, 11) is 2.11. The summed E-state index contributed by atoms with van der Waals surface area (Å²) in [5, 5.41) is 5.21. The first-order chi connectivity index (χ1) is 11.0. The Morgan fingerprint density at radius 3 is 2.87 bits per heavy atom. The second kappa shape index (κ2) is 8.42. The molecule has 1 amide bonds. The van der Waals surface area contributed by atoms with Crippen LogP contribution >= 0.6 is 11.3 Å². The second-order valence-corrected chi connectivity index (χ2v) is 6.64. The fourth-order valence-electron chi connectivity index (χ4n) is 2.77. The molecule has 1 unspecified atom stereocenters. The van der Waals surface area contributed by atoms with Gasteiger partial charge in [-0.25, -0.2) is 4.79 Å². The summed E-state index contributed by atoms with van der Waals surface area (Å²) < 4.78 is 5.01. The Kier molecular flexibility index (Phi) is 6.56. The number of carbonyl (C=O) groups is 2. The number of hydrogen-bond donors (Lipinski definition) is 1. The van der Waals surface area contributed by atoms with Gasteiger partial charge in [-0.05, 0) is 31.8 Å². The molecule has 0 aromatic carbocycles. The monoisotopic (exact) mass is 339 g/mol. The number of thiophene rings is 1. The van der Waals surface area contributed by atoms with Crippen molar-refractivity contribution in [2.45, 2.75) is 26.3 Å². The van der Waals surface area contributed by atoms with Crippen molar-refractivity contribution in [2.24, 2.45) is 0 Å². The molecule has 128 valence electrons. The highest BCUT2D eigenvalue weighted by Gasteiger charge is 2.26. The largest absolute Gasteiger partial charge is 0.462 e. The van der Waals surface area contributed by atoms with Gasteiger partial charge in [0.15, 0.2) is 0 Å². The first kappa shape index (κ1) is 17.9. The van der Waals surface area contributed by atoms with Crippen molar-refractivity contribution in [1.29, 1.82) is 0 Å². The Morgan fingerprint density at radius 1 is 1.39 bits per heavy atom. The summed E-state index contributed by atoms with van der Waals surface area (Å²) >= 11 is 1.34. The van der Waals surface area contributed by atoms with Gasteiger partial charge in [-0.15, -0.1) is 11.3 Å². The van der Waals surface area contributed by atoms with Crippen LogP contribution in [0.1, 0.15) is 30.6 Å². The van der Waals surface area contributed by atoms with Crippen molar-refractivity contribution in [1.82, 2.24) is 9.80 Å². The number of nitrogens with zero attached hydrogens (tertiary/aromatic N) is 2. The van der Waals surface area contributed by atoms with Crippen LogP contribution in [0, 0.1) is 0 Å². The van der Waals surface area contributed by atoms with Crippen LogP contribution in [0.15, 0.2) is 11.4 Å². The van der Waals surface area contributed by atoms with Crippen LogP contribution < -0.4 is 5.32 Å². The Morgan fingerprint density at radius 2 is 2.17 bits per heavy atom. The summed E-state index contributed by atoms with van der Waals surface area (Å²) in [6.07, 6.45) is 1.02. The topological polar surface area (TPSA) is 61.9 Å². The summed E-state index contributed by atoms with van der Waals surface area (Å²) in [5.41, 5.74) is 0.426. The lowest BCUT2D eigenvalue weighted by Crippen LogP contribution is -2.53. The Bertz CT molecular complexity index is 546. The minimum Gasteiger partial charge on any atom is -0.462 e. The van der Waals surface area contributed by atoms with Crippen molar-refractivity contribution in [3.05, 3.63) is 17.0 Å². The Balaban J connectivity index is 1.95. The van der Waals surface area contributed by atoms with Crippen molar-refractivity contribution in [2.75, 3.05) is 45.2 Å². The van der Waals surface area contributed by atoms with E-state index in [2.05, 4.69) is 29.1 Å². The molecule has 0 bridgehead atoms. The number of hydrogen-bond acceptors (Lipinski definition) is 6. The number of anilines is 1. The molecule has 0 spiro atoms. The van der Waals surface area contributed by atoms with Crippen molar-refractivity contribution in [3.63, 3.8) is 0 Å². The molecular formula is C16H25N3O3S. The van der Waals surface area contributed by atoms with Gasteiger partial charge in [-0.2, -0.15) is 0 Å². The van der Waals surface area contributed by atoms with E-state index in [0.29, 0.717) is 29.8 Å². The summed E-state index contributed by atoms with van der Waals surface area (Å²) in [6.45, 7) is 7.42. The molecule has 1 aromatic heterocycles. The molecule has 0 aliphatic carbocycles. The van der Waals surface area contributed by atoms with E-state index < -0.39 is 5.97 Å². The number of likely N-dealkylation sites (N-methyl/N-ethyl adjacent to an activating group) is 1. The third-order valence-corrected chi connectivity index (χ3v) is 4.87. The fourth-order valence-corrected chi connectivity index (χ4v) is 3.56. The van der Waals surface area contributed by atoms with Crippen LogP contribution in [0.25, 0.3) is 0 Å². The zero-order chi connectivity index (χ0) is 16.8. The Hall–Kier alpha value is -1.44. The number of piperazine rings is 1. The van der Waals surface area contributed by atoms with Crippen molar-refractivity contribution in [3.8, 4) is 0 Å². The van der Waals surface area contributed by atoms with Gasteiger partial charge < -0.3 is 15.0 Å². The standard InChI is InChI=1S/C16H25N3O3S/c1-4-12-10-18(3)7-8-19(12)11-14(20)17-15-13(6-9-23-15)16(21)22-5-2/h6,9,12H,4-5,7-8,10-11H2,1-3H3,(H,17,20). The SMILES string of the molecule is CCOC(=O)c1ccsc1NC(=O)CN1CCN(C)CC1CC. The predicted molar refractivity (Wildman–Crippen MR) is 92.1 cm³/mol. The van der Waals surface area contributed by atoms with Crippen molar-refractivity contribution >= 4 is 28.2 Å². The van der Waals surface area contributed by atoms with Crippen LogP contribution in [-0.2, 0) is 9.53 Å². The molecule has 23 heavy (non-hydrogen) atoms. The number of esters is 1. The van der Waals surface area contributed by atoms with Crippen molar-refractivity contribution < 1.29 is 14.3 Å². The molecule has 1 aliphatic rings. The van der Waals surface area contributed by atoms with Gasteiger partial charge in [0, 0.05) is 25.7 Å². The number of nitrogens with one attached hydrogen (secondary N) is 1. The van der Waals surface area contributed by atoms with Gasteiger partial charge in [-0.3, -0.25) is 9.69 Å². The summed E-state index contributed by atoms with van der Waals surface area (Å²) in [4.78, 5) is 28.7. The third kappa shape index (κ3) is 4.76. The maximum atomic E-state index is 12.3. The quantitative estimate of drug-likeness (QED) is 0.802. The van der Waals surface area contributed by atoms with Crippen LogP contribution in [-0.4, -0.2) is 67.6 Å². The fraction of sp³-hybridized carbons (Fsp3) is 0.625. The van der Waals surface area contributed by atoms with Gasteiger partial charge >= 0.3 is 5.97 Å². The van der Waals surface area contributed by atoms with Crippen LogP contribution in [0.4, 0.5) is 5.00 Å². The lowest BCUT2D eigenvalue weighted by Gasteiger charge is -2.39. The maximum absolute atomic E-state index is 12.3. The lowest BCUT2D eigenvalue weighted by molar-refractivity contribution is -0.118. The average Bonchev–Trinajstić information content (AvgIpc) is 2.97. The van der Waals surface area contributed by atoms with E-state index in [4.69, 9.17) is 4.74 Å². The highest BCUT2D eigenvalue weighted by molar-refractivity contribution is 7.14. The molecule has 0 saturated carbocycles. The first-order valence-corrected chi connectivity index (χ1v) is 8.90. The summed E-state index contributed by atoms with van der Waals surface area (Å²) in [5.74, 6) is -0.476. The highest BCUT2D eigenvalue weighted by atomic mass is 32.1. The van der Waals surface area contributed by atoms with E-state index in [-0.39, 0.29) is 5.91 Å². The molecule has 1 aliphatic heterocycles. The maximum Gasteiger partial charge on any atom is 0.341 e. The normalized spacial score (nSPS) is 19.5. The lowest BCUT2D eigenvalue weighted by atomic mass is 10.1. The molecule has 2 heterocycles. The van der Waals surface area contributed by atoms with E-state index in [9.17, 15) is 9.59 Å². The van der Waals surface area contributed by atoms with Crippen LogP contribution in [0.3, 0.4) is 0 Å². The van der Waals surface area contributed by atoms with Gasteiger partial charge in [0.2, 0.25) is 5.91 Å². The minimum atomic E-state index is -0.393. The minimum absolute atomic E-state index is 0.0824. The van der Waals surface area contributed by atoms with Crippen LogP contribution in [0.5, 0.6) is 0 Å². The van der Waals surface area contributed by atoms with Gasteiger partial charge in [0.1, 0.15) is 5.00 Å². The molecule has 1 atom stereocenters. The molecule has 7 heteroatoms. The number of rotatable bonds is 6. The molecule has 6 nitrogen and oxygen atoms in total. The predicted octanol–water partition coefficient (Wildman–Crippen LogP) is 1.89. The highest BCUT2D eigenvalue weighted by Crippen LogP contribution is 2.24. The second-order valence-electron chi connectivity index (χ2n) is 5.73. The van der Waals surface area contributed by atoms with E-state index in [1.165, 1.54) is 11.3 Å². The van der Waals surface area contributed by atoms with Gasteiger partial charge in [0.25, 0.3) is 0 Å². The van der Waals surface area contributed by atoms with Gasteiger partial charge in [-0.1, -0.05) is 6.92 Å². The molecule has 2 rings (SSSR count). The molecule has 1 N–H and O–H groups in total. The zero-order valence-corrected chi connectivity index (χ0v) is 14.8. The smallest absolute Gasteiger partial charge is 0.341 e. The molecule has 1 aromatic rings.